The van der Waals surface area contributed by atoms with Crippen molar-refractivity contribution in [3.05, 3.63) is 35.9 Å². The molecule has 2 unspecified atom stereocenters. The first-order valence-corrected chi connectivity index (χ1v) is 9.04. The van der Waals surface area contributed by atoms with E-state index < -0.39 is 0 Å². The molecule has 1 nitrogen and oxygen atoms in total. The third-order valence-corrected chi connectivity index (χ3v) is 4.92. The molecule has 0 N–H and O–H groups in total. The van der Waals surface area contributed by atoms with E-state index in [9.17, 15) is 0 Å². The second kappa shape index (κ2) is 9.00. The average Bonchev–Trinajstić information content (AvgIpc) is 2.42. The van der Waals surface area contributed by atoms with E-state index >= 15 is 0 Å². The first kappa shape index (κ1) is 16.1. The van der Waals surface area contributed by atoms with Crippen molar-refractivity contribution < 1.29 is 0 Å². The van der Waals surface area contributed by atoms with Crippen LogP contribution in [0.15, 0.2) is 30.3 Å². The summed E-state index contributed by atoms with van der Waals surface area (Å²) < 4.78 is 0. The number of likely N-dealkylation sites (N-methyl/N-ethyl adjacent to an activating group) is 1. The molecule has 1 aromatic carbocycles. The van der Waals surface area contributed by atoms with Crippen molar-refractivity contribution in [3.63, 3.8) is 0 Å². The fourth-order valence-corrected chi connectivity index (χ4v) is 3.67. The van der Waals surface area contributed by atoms with Crippen LogP contribution in [-0.4, -0.2) is 41.9 Å². The highest BCUT2D eigenvalue weighted by atomic mass is 79.9. The van der Waals surface area contributed by atoms with Gasteiger partial charge in [0, 0.05) is 29.6 Å². The van der Waals surface area contributed by atoms with E-state index in [4.69, 9.17) is 0 Å². The van der Waals surface area contributed by atoms with Crippen LogP contribution in [0.1, 0.15) is 24.8 Å². The topological polar surface area (TPSA) is 3.24 Å². The van der Waals surface area contributed by atoms with Crippen LogP contribution < -0.4 is 0 Å². The van der Waals surface area contributed by atoms with E-state index in [1.807, 2.05) is 11.8 Å². The predicted molar refractivity (Wildman–Crippen MR) is 88.1 cm³/mol. The van der Waals surface area contributed by atoms with Gasteiger partial charge in [0.05, 0.1) is 0 Å². The van der Waals surface area contributed by atoms with Crippen LogP contribution in [0, 0.1) is 0 Å². The molecule has 2 atom stereocenters. The summed E-state index contributed by atoms with van der Waals surface area (Å²) >= 11 is 5.60. The van der Waals surface area contributed by atoms with E-state index in [1.165, 1.54) is 17.7 Å². The molecule has 0 saturated carbocycles. The quantitative estimate of drug-likeness (QED) is 0.656. The Kier molecular flexibility index (Phi) is 8.03. The molecule has 0 radical (unpaired) electrons. The molecule has 0 fully saturated rings. The Morgan fingerprint density at radius 1 is 1.28 bits per heavy atom. The van der Waals surface area contributed by atoms with Crippen molar-refractivity contribution in [2.24, 2.45) is 0 Å². The summed E-state index contributed by atoms with van der Waals surface area (Å²) in [6.07, 6.45) is 3.41. The molecule has 0 spiro atoms. The molecule has 102 valence electrons. The van der Waals surface area contributed by atoms with E-state index in [0.717, 1.165) is 11.9 Å². The Labute approximate surface area is 124 Å². The maximum atomic E-state index is 3.66. The third kappa shape index (κ3) is 4.94. The molecule has 0 aromatic heterocycles. The maximum absolute atomic E-state index is 3.66. The highest BCUT2D eigenvalue weighted by Crippen LogP contribution is 2.21. The van der Waals surface area contributed by atoms with Crippen LogP contribution in [-0.2, 0) is 0 Å². The highest BCUT2D eigenvalue weighted by molar-refractivity contribution is 9.09. The molecule has 0 heterocycles. The maximum Gasteiger partial charge on any atom is 0.0180 e. The highest BCUT2D eigenvalue weighted by Gasteiger charge is 2.17. The minimum absolute atomic E-state index is 0.576. The third-order valence-electron chi connectivity index (χ3n) is 3.42. The molecule has 0 amide bonds. The molecule has 0 saturated heterocycles. The lowest BCUT2D eigenvalue weighted by atomic mass is 10.00. The second-order valence-corrected chi connectivity index (χ2v) is 6.28. The number of halogens is 1. The Morgan fingerprint density at radius 3 is 2.44 bits per heavy atom. The number of alkyl halides is 1. The number of nitrogens with zero attached hydrogens (tertiary/aromatic N) is 1. The first-order valence-electron chi connectivity index (χ1n) is 6.53. The van der Waals surface area contributed by atoms with Crippen LogP contribution >= 0.6 is 27.7 Å². The largest absolute Gasteiger partial charge is 0.302 e. The van der Waals surface area contributed by atoms with E-state index in [0.29, 0.717) is 12.0 Å². The zero-order chi connectivity index (χ0) is 13.4. The van der Waals surface area contributed by atoms with Gasteiger partial charge < -0.3 is 4.90 Å². The summed E-state index contributed by atoms with van der Waals surface area (Å²) in [5.74, 6) is 1.80. The van der Waals surface area contributed by atoms with Gasteiger partial charge in [0.2, 0.25) is 0 Å². The predicted octanol–water partition coefficient (Wildman–Crippen LogP) is 4.24. The van der Waals surface area contributed by atoms with Gasteiger partial charge in [-0.15, -0.1) is 0 Å². The van der Waals surface area contributed by atoms with Crippen LogP contribution in [0.3, 0.4) is 0 Å². The Balaban J connectivity index is 2.62. The molecule has 0 bridgehead atoms. The van der Waals surface area contributed by atoms with Gasteiger partial charge >= 0.3 is 0 Å². The molecular weight excluding hydrogens is 306 g/mol. The van der Waals surface area contributed by atoms with Crippen LogP contribution in [0.25, 0.3) is 0 Å². The monoisotopic (exact) mass is 329 g/mol. The standard InChI is InChI=1S/C15H24BrNS/c1-4-15(12-18-3)17(2)11-14(10-16)13-8-6-5-7-9-13/h5-9,14-15H,4,10-12H2,1-3H3. The molecule has 3 heteroatoms. The average molecular weight is 330 g/mol. The fraction of sp³-hybridized carbons (Fsp3) is 0.600. The van der Waals surface area contributed by atoms with Crippen molar-refractivity contribution in [1.82, 2.24) is 4.90 Å². The SMILES string of the molecule is CCC(CSC)N(C)CC(CBr)c1ccccc1. The molecule has 0 aliphatic heterocycles. The fourth-order valence-electron chi connectivity index (χ4n) is 2.21. The molecule has 1 aromatic rings. The van der Waals surface area contributed by atoms with Gasteiger partial charge in [-0.25, -0.2) is 0 Å². The summed E-state index contributed by atoms with van der Waals surface area (Å²) in [7, 11) is 2.25. The van der Waals surface area contributed by atoms with Crippen molar-refractivity contribution in [1.29, 1.82) is 0 Å². The summed E-state index contributed by atoms with van der Waals surface area (Å²) in [6.45, 7) is 3.40. The summed E-state index contributed by atoms with van der Waals surface area (Å²) in [4.78, 5) is 2.51. The molecular formula is C15H24BrNS. The zero-order valence-electron chi connectivity index (χ0n) is 11.6. The van der Waals surface area contributed by atoms with Gasteiger partial charge in [0.15, 0.2) is 0 Å². The van der Waals surface area contributed by atoms with Gasteiger partial charge in [-0.1, -0.05) is 53.2 Å². The minimum atomic E-state index is 0.576. The van der Waals surface area contributed by atoms with Crippen molar-refractivity contribution in [2.45, 2.75) is 25.3 Å². The molecule has 0 aliphatic carbocycles. The number of hydrogen-bond acceptors (Lipinski definition) is 2. The second-order valence-electron chi connectivity index (χ2n) is 4.72. The number of benzene rings is 1. The van der Waals surface area contributed by atoms with E-state index in [-0.39, 0.29) is 0 Å². The van der Waals surface area contributed by atoms with Crippen molar-refractivity contribution in [2.75, 3.05) is 30.9 Å². The molecule has 1 rings (SSSR count). The van der Waals surface area contributed by atoms with Crippen molar-refractivity contribution >= 4 is 27.7 Å². The lowest BCUT2D eigenvalue weighted by Gasteiger charge is -2.30. The minimum Gasteiger partial charge on any atom is -0.302 e. The summed E-state index contributed by atoms with van der Waals surface area (Å²) in [5, 5.41) is 1.02. The van der Waals surface area contributed by atoms with Crippen LogP contribution in [0.2, 0.25) is 0 Å². The van der Waals surface area contributed by atoms with Gasteiger partial charge in [-0.3, -0.25) is 0 Å². The zero-order valence-corrected chi connectivity index (χ0v) is 14.0. The first-order chi connectivity index (χ1) is 8.72. The normalized spacial score (nSPS) is 14.7. The Hall–Kier alpha value is 0.0100. The Morgan fingerprint density at radius 2 is 1.94 bits per heavy atom. The lowest BCUT2D eigenvalue weighted by Crippen LogP contribution is -2.36. The summed E-state index contributed by atoms with van der Waals surface area (Å²) in [6, 6.07) is 11.5. The molecule has 0 aliphatic rings. The smallest absolute Gasteiger partial charge is 0.0180 e. The van der Waals surface area contributed by atoms with E-state index in [2.05, 4.69) is 71.4 Å². The van der Waals surface area contributed by atoms with Gasteiger partial charge in [0.1, 0.15) is 0 Å². The van der Waals surface area contributed by atoms with Gasteiger partial charge in [-0.05, 0) is 25.3 Å². The number of hydrogen-bond donors (Lipinski definition) is 0. The Bertz CT molecular complexity index is 318. The number of thioether (sulfide) groups is 1. The number of rotatable bonds is 8. The molecule has 18 heavy (non-hydrogen) atoms. The van der Waals surface area contributed by atoms with Crippen molar-refractivity contribution in [3.8, 4) is 0 Å². The lowest BCUT2D eigenvalue weighted by molar-refractivity contribution is 0.245. The summed E-state index contributed by atoms with van der Waals surface area (Å²) in [5.41, 5.74) is 1.43. The van der Waals surface area contributed by atoms with E-state index in [1.54, 1.807) is 0 Å². The van der Waals surface area contributed by atoms with Gasteiger partial charge in [0.25, 0.3) is 0 Å². The van der Waals surface area contributed by atoms with Gasteiger partial charge in [-0.2, -0.15) is 11.8 Å². The van der Waals surface area contributed by atoms with Crippen LogP contribution in [0.4, 0.5) is 0 Å². The van der Waals surface area contributed by atoms with Crippen LogP contribution in [0.5, 0.6) is 0 Å².